The minimum absolute atomic E-state index is 0. The number of hydrogen-bond donors (Lipinski definition) is 1. The molecule has 8 heteroatoms. The zero-order valence-corrected chi connectivity index (χ0v) is 22.4. The Bertz CT molecular complexity index is 664. The third-order valence-corrected chi connectivity index (χ3v) is 5.51. The van der Waals surface area contributed by atoms with Gasteiger partial charge in [0.1, 0.15) is 10.6 Å². The SMILES string of the molecule is CCCCCCCCCCCC(=O)[O-].CCCCCOc1ccccc1S(=O)(=O)O.[Na+]. The van der Waals surface area contributed by atoms with Gasteiger partial charge in [0.05, 0.1) is 6.61 Å². The molecular weight excluding hydrogens is 427 g/mol. The number of ether oxygens (including phenoxy) is 1. The molecule has 1 N–H and O–H groups in total. The molecule has 0 aliphatic heterocycles. The van der Waals surface area contributed by atoms with Gasteiger partial charge in [-0.3, -0.25) is 4.55 Å². The number of aliphatic carboxylic acids is 1. The van der Waals surface area contributed by atoms with Crippen LogP contribution in [0.4, 0.5) is 0 Å². The van der Waals surface area contributed by atoms with Gasteiger partial charge in [0.15, 0.2) is 0 Å². The van der Waals surface area contributed by atoms with E-state index in [0.29, 0.717) is 6.61 Å². The average molecular weight is 467 g/mol. The van der Waals surface area contributed by atoms with Gasteiger partial charge in [0.25, 0.3) is 10.1 Å². The third-order valence-electron chi connectivity index (χ3n) is 4.62. The molecule has 1 rings (SSSR count). The molecule has 0 unspecified atom stereocenters. The third kappa shape index (κ3) is 19.8. The predicted molar refractivity (Wildman–Crippen MR) is 118 cm³/mol. The molecule has 0 amide bonds. The summed E-state index contributed by atoms with van der Waals surface area (Å²) in [6.45, 7) is 4.76. The Labute approximate surface area is 211 Å². The van der Waals surface area contributed by atoms with Crippen molar-refractivity contribution < 1.29 is 57.2 Å². The van der Waals surface area contributed by atoms with E-state index in [1.54, 1.807) is 12.1 Å². The van der Waals surface area contributed by atoms with Crippen molar-refractivity contribution >= 4 is 16.1 Å². The van der Waals surface area contributed by atoms with Crippen LogP contribution < -0.4 is 39.4 Å². The second-order valence-electron chi connectivity index (χ2n) is 7.43. The Hall–Kier alpha value is -0.600. The van der Waals surface area contributed by atoms with Crippen molar-refractivity contribution in [2.24, 2.45) is 0 Å². The molecule has 0 heterocycles. The number of carbonyl (C=O) groups excluding carboxylic acids is 1. The van der Waals surface area contributed by atoms with Crippen molar-refractivity contribution in [1.29, 1.82) is 0 Å². The van der Waals surface area contributed by atoms with Gasteiger partial charge < -0.3 is 14.6 Å². The van der Waals surface area contributed by atoms with Crippen LogP contribution in [0.5, 0.6) is 5.75 Å². The van der Waals surface area contributed by atoms with Gasteiger partial charge in [-0.05, 0) is 31.4 Å². The van der Waals surface area contributed by atoms with Crippen LogP contribution in [0, 0.1) is 0 Å². The van der Waals surface area contributed by atoms with Gasteiger partial charge in [0.2, 0.25) is 0 Å². The van der Waals surface area contributed by atoms with Crippen molar-refractivity contribution in [2.75, 3.05) is 6.61 Å². The minimum atomic E-state index is -4.20. The second kappa shape index (κ2) is 21.3. The molecule has 0 spiro atoms. The molecule has 1 aromatic rings. The Morgan fingerprint density at radius 2 is 1.35 bits per heavy atom. The Morgan fingerprint density at radius 3 is 1.87 bits per heavy atom. The summed E-state index contributed by atoms with van der Waals surface area (Å²) in [5, 5.41) is 10.1. The number of carboxylic acids is 1. The quantitative estimate of drug-likeness (QED) is 0.227. The van der Waals surface area contributed by atoms with Crippen LogP contribution in [0.3, 0.4) is 0 Å². The molecule has 0 aromatic heterocycles. The van der Waals surface area contributed by atoms with Crippen molar-refractivity contribution in [3.63, 3.8) is 0 Å². The van der Waals surface area contributed by atoms with Crippen LogP contribution in [-0.4, -0.2) is 25.5 Å². The van der Waals surface area contributed by atoms with E-state index in [1.807, 2.05) is 0 Å². The summed E-state index contributed by atoms with van der Waals surface area (Å²) in [6.07, 6.45) is 14.1. The zero-order chi connectivity index (χ0) is 22.7. The topological polar surface area (TPSA) is 104 Å². The maximum Gasteiger partial charge on any atom is 1.00 e. The fourth-order valence-electron chi connectivity index (χ4n) is 2.90. The van der Waals surface area contributed by atoms with E-state index in [0.717, 1.165) is 32.1 Å². The van der Waals surface area contributed by atoms with Crippen molar-refractivity contribution in [3.8, 4) is 5.75 Å². The van der Waals surface area contributed by atoms with Gasteiger partial charge in [-0.15, -0.1) is 0 Å². The fourth-order valence-corrected chi connectivity index (χ4v) is 3.53. The molecule has 1 aromatic carbocycles. The molecule has 0 aliphatic carbocycles. The molecular formula is C23H39NaO6S. The maximum absolute atomic E-state index is 11.0. The first-order valence-electron chi connectivity index (χ1n) is 11.2. The fraction of sp³-hybridized carbons (Fsp3) is 0.696. The molecule has 0 saturated carbocycles. The number of rotatable bonds is 16. The van der Waals surface area contributed by atoms with Crippen molar-refractivity contribution in [2.45, 2.75) is 102 Å². The van der Waals surface area contributed by atoms with Crippen molar-refractivity contribution in [3.05, 3.63) is 24.3 Å². The smallest absolute Gasteiger partial charge is 0.550 e. The Balaban J connectivity index is 0. The first-order valence-corrected chi connectivity index (χ1v) is 12.7. The summed E-state index contributed by atoms with van der Waals surface area (Å²) in [5.41, 5.74) is 0. The molecule has 0 saturated heterocycles. The van der Waals surface area contributed by atoms with Crippen LogP contribution >= 0.6 is 0 Å². The molecule has 31 heavy (non-hydrogen) atoms. The number of carboxylic acid groups (broad SMARTS) is 1. The van der Waals surface area contributed by atoms with Gasteiger partial charge in [-0.2, -0.15) is 8.42 Å². The second-order valence-corrected chi connectivity index (χ2v) is 8.82. The van der Waals surface area contributed by atoms with Crippen LogP contribution in [-0.2, 0) is 14.9 Å². The van der Waals surface area contributed by atoms with Crippen LogP contribution in [0.25, 0.3) is 0 Å². The Morgan fingerprint density at radius 1 is 0.871 bits per heavy atom. The molecule has 0 atom stereocenters. The summed E-state index contributed by atoms with van der Waals surface area (Å²) < 4.78 is 36.3. The summed E-state index contributed by atoms with van der Waals surface area (Å²) in [6, 6.07) is 6.07. The standard InChI is InChI=1S/C12H24O2.C11H16O4S.Na/c1-2-3-4-5-6-7-8-9-10-11-12(13)14;1-2-3-6-9-15-10-7-4-5-8-11(10)16(12,13)14;/h2-11H2,1H3,(H,13,14);4-5,7-8H,2-3,6,9H2,1H3,(H,12,13,14);/q;;+1/p-1. The normalized spacial score (nSPS) is 10.5. The monoisotopic (exact) mass is 466 g/mol. The molecule has 0 aliphatic rings. The number of benzene rings is 1. The average Bonchev–Trinajstić information content (AvgIpc) is 2.70. The number of para-hydroxylation sites is 1. The molecule has 0 radical (unpaired) electrons. The number of unbranched alkanes of at least 4 members (excludes halogenated alkanes) is 10. The van der Waals surface area contributed by atoms with E-state index >= 15 is 0 Å². The zero-order valence-electron chi connectivity index (χ0n) is 19.6. The maximum atomic E-state index is 11.0. The molecule has 6 nitrogen and oxygen atoms in total. The van der Waals surface area contributed by atoms with E-state index in [2.05, 4.69) is 13.8 Å². The minimum Gasteiger partial charge on any atom is -0.550 e. The molecule has 0 fully saturated rings. The number of carbonyl (C=O) groups is 1. The summed E-state index contributed by atoms with van der Waals surface area (Å²) >= 11 is 0. The first kappa shape index (κ1) is 32.6. The summed E-state index contributed by atoms with van der Waals surface area (Å²) in [5.74, 6) is -0.700. The largest absolute Gasteiger partial charge is 1.00 e. The Kier molecular flexibility index (Phi) is 22.3. The van der Waals surface area contributed by atoms with E-state index in [-0.39, 0.29) is 46.6 Å². The van der Waals surface area contributed by atoms with Crippen molar-refractivity contribution in [1.82, 2.24) is 0 Å². The molecule has 0 bridgehead atoms. The van der Waals surface area contributed by atoms with Crippen LogP contribution in [0.2, 0.25) is 0 Å². The molecule has 174 valence electrons. The van der Waals surface area contributed by atoms with E-state index in [1.165, 1.54) is 57.1 Å². The van der Waals surface area contributed by atoms with Gasteiger partial charge in [0, 0.05) is 5.97 Å². The first-order chi connectivity index (χ1) is 14.3. The predicted octanol–water partition coefficient (Wildman–Crippen LogP) is 2.16. The van der Waals surface area contributed by atoms with E-state index in [9.17, 15) is 18.3 Å². The van der Waals surface area contributed by atoms with E-state index < -0.39 is 16.1 Å². The number of hydrogen-bond acceptors (Lipinski definition) is 5. The van der Waals surface area contributed by atoms with Gasteiger partial charge in [-0.1, -0.05) is 90.2 Å². The van der Waals surface area contributed by atoms with Crippen LogP contribution in [0.15, 0.2) is 29.2 Å². The van der Waals surface area contributed by atoms with Gasteiger partial charge >= 0.3 is 29.6 Å². The summed E-state index contributed by atoms with van der Waals surface area (Å²) in [4.78, 5) is 9.92. The van der Waals surface area contributed by atoms with Crippen LogP contribution in [0.1, 0.15) is 97.3 Å². The summed E-state index contributed by atoms with van der Waals surface area (Å²) in [7, 11) is -4.20. The van der Waals surface area contributed by atoms with Gasteiger partial charge in [-0.25, -0.2) is 0 Å². The van der Waals surface area contributed by atoms with E-state index in [4.69, 9.17) is 9.29 Å².